The summed E-state index contributed by atoms with van der Waals surface area (Å²) in [5.74, 6) is 1.80. The molecule has 0 aromatic heterocycles. The van der Waals surface area contributed by atoms with Gasteiger partial charge in [0, 0.05) is 45.8 Å². The summed E-state index contributed by atoms with van der Waals surface area (Å²) < 4.78 is 11.2. The van der Waals surface area contributed by atoms with Crippen molar-refractivity contribution < 1.29 is 14.6 Å². The van der Waals surface area contributed by atoms with Gasteiger partial charge in [0.25, 0.3) is 0 Å². The molecular formula is C24H33IN4O3. The standard InChI is InChI=1S/C24H32N4O3.HI/c1-25-24(26-11-10-19-8-9-20(30-2)14-22(19)29)28-16-21-23(17-28)31-13-12-27(21)15-18-6-4-3-5-7-18;/h3-9,14,21,23,29H,10-13,15-17H2,1-2H3,(H,25,26);1H. The normalized spacial score (nSPS) is 21.1. The molecule has 32 heavy (non-hydrogen) atoms. The summed E-state index contributed by atoms with van der Waals surface area (Å²) >= 11 is 0. The number of nitrogens with zero attached hydrogens (tertiary/aromatic N) is 3. The lowest BCUT2D eigenvalue weighted by Gasteiger charge is -2.36. The van der Waals surface area contributed by atoms with Crippen LogP contribution in [0.15, 0.2) is 53.5 Å². The van der Waals surface area contributed by atoms with Crippen LogP contribution < -0.4 is 10.1 Å². The Hall–Kier alpha value is -2.04. The lowest BCUT2D eigenvalue weighted by molar-refractivity contribution is -0.0502. The van der Waals surface area contributed by atoms with Crippen molar-refractivity contribution in [1.82, 2.24) is 15.1 Å². The van der Waals surface area contributed by atoms with Crippen molar-refractivity contribution in [1.29, 1.82) is 0 Å². The molecule has 0 spiro atoms. The van der Waals surface area contributed by atoms with Crippen LogP contribution in [0.3, 0.4) is 0 Å². The van der Waals surface area contributed by atoms with Crippen molar-refractivity contribution in [2.75, 3.05) is 46.9 Å². The van der Waals surface area contributed by atoms with Gasteiger partial charge in [0.2, 0.25) is 0 Å². The van der Waals surface area contributed by atoms with E-state index in [0.717, 1.165) is 44.3 Å². The van der Waals surface area contributed by atoms with Gasteiger partial charge in [0.15, 0.2) is 5.96 Å². The molecule has 0 saturated carbocycles. The topological polar surface area (TPSA) is 69.6 Å². The number of halogens is 1. The van der Waals surface area contributed by atoms with Crippen molar-refractivity contribution in [3.8, 4) is 11.5 Å². The third kappa shape index (κ3) is 5.85. The summed E-state index contributed by atoms with van der Waals surface area (Å²) in [5, 5.41) is 13.6. The third-order valence-corrected chi connectivity index (χ3v) is 6.13. The quantitative estimate of drug-likeness (QED) is 0.327. The fraction of sp³-hybridized carbons (Fsp3) is 0.458. The van der Waals surface area contributed by atoms with Crippen LogP contribution >= 0.6 is 24.0 Å². The second-order valence-corrected chi connectivity index (χ2v) is 8.06. The second kappa shape index (κ2) is 11.7. The summed E-state index contributed by atoms with van der Waals surface area (Å²) in [6.07, 6.45) is 0.897. The number of likely N-dealkylation sites (tertiary alicyclic amines) is 1. The van der Waals surface area contributed by atoms with Gasteiger partial charge in [-0.15, -0.1) is 24.0 Å². The van der Waals surface area contributed by atoms with Crippen LogP contribution in [-0.4, -0.2) is 80.0 Å². The molecule has 0 amide bonds. The van der Waals surface area contributed by atoms with Crippen LogP contribution in [0.5, 0.6) is 11.5 Å². The van der Waals surface area contributed by atoms with E-state index in [0.29, 0.717) is 24.8 Å². The summed E-state index contributed by atoms with van der Waals surface area (Å²) in [7, 11) is 3.41. The average Bonchev–Trinajstić information content (AvgIpc) is 3.23. The van der Waals surface area contributed by atoms with E-state index in [1.54, 1.807) is 13.2 Å². The predicted octanol–water partition coefficient (Wildman–Crippen LogP) is 2.72. The summed E-state index contributed by atoms with van der Waals surface area (Å²) in [6, 6.07) is 16.4. The molecule has 2 unspecified atom stereocenters. The fourth-order valence-corrected chi connectivity index (χ4v) is 4.47. The second-order valence-electron chi connectivity index (χ2n) is 8.06. The molecule has 2 saturated heterocycles. The molecule has 2 aliphatic rings. The Balaban J connectivity index is 0.00000289. The minimum absolute atomic E-state index is 0. The molecule has 0 aliphatic carbocycles. The monoisotopic (exact) mass is 552 g/mol. The van der Waals surface area contributed by atoms with Gasteiger partial charge in [-0.2, -0.15) is 0 Å². The van der Waals surface area contributed by atoms with Crippen molar-refractivity contribution in [2.24, 2.45) is 4.99 Å². The lowest BCUT2D eigenvalue weighted by atomic mass is 10.1. The van der Waals surface area contributed by atoms with Crippen LogP contribution in [0.2, 0.25) is 0 Å². The van der Waals surface area contributed by atoms with Crippen LogP contribution in [0.1, 0.15) is 11.1 Å². The fourth-order valence-electron chi connectivity index (χ4n) is 4.47. The highest BCUT2D eigenvalue weighted by Gasteiger charge is 2.41. The molecule has 4 rings (SSSR count). The number of methoxy groups -OCH3 is 1. The Morgan fingerprint density at radius 2 is 2.03 bits per heavy atom. The third-order valence-electron chi connectivity index (χ3n) is 6.13. The van der Waals surface area contributed by atoms with Gasteiger partial charge in [-0.1, -0.05) is 36.4 Å². The molecule has 2 aromatic rings. The largest absolute Gasteiger partial charge is 0.508 e. The van der Waals surface area contributed by atoms with Crippen molar-refractivity contribution in [3.05, 3.63) is 59.7 Å². The number of morpholine rings is 1. The van der Waals surface area contributed by atoms with Gasteiger partial charge >= 0.3 is 0 Å². The van der Waals surface area contributed by atoms with Gasteiger partial charge in [-0.05, 0) is 23.6 Å². The molecule has 174 valence electrons. The van der Waals surface area contributed by atoms with E-state index in [4.69, 9.17) is 9.47 Å². The Morgan fingerprint density at radius 3 is 2.75 bits per heavy atom. The number of benzene rings is 2. The summed E-state index contributed by atoms with van der Waals surface area (Å²) in [5.41, 5.74) is 2.22. The molecular weight excluding hydrogens is 519 g/mol. The maximum Gasteiger partial charge on any atom is 0.193 e. The van der Waals surface area contributed by atoms with E-state index in [-0.39, 0.29) is 35.8 Å². The number of rotatable bonds is 6. The Kier molecular flexibility index (Phi) is 9.01. The number of aliphatic imine (C=N–C) groups is 1. The minimum atomic E-state index is 0. The highest BCUT2D eigenvalue weighted by Crippen LogP contribution is 2.25. The molecule has 2 atom stereocenters. The number of nitrogens with one attached hydrogen (secondary N) is 1. The van der Waals surface area contributed by atoms with E-state index in [1.165, 1.54) is 5.56 Å². The molecule has 8 heteroatoms. The molecule has 2 aromatic carbocycles. The Labute approximate surface area is 207 Å². The van der Waals surface area contributed by atoms with E-state index in [2.05, 4.69) is 50.4 Å². The molecule has 0 bridgehead atoms. The summed E-state index contributed by atoms with van der Waals surface area (Å²) in [6.45, 7) is 5.08. The van der Waals surface area contributed by atoms with Crippen molar-refractivity contribution >= 4 is 29.9 Å². The first kappa shape index (κ1) is 24.6. The zero-order valence-electron chi connectivity index (χ0n) is 18.7. The maximum atomic E-state index is 10.2. The Morgan fingerprint density at radius 1 is 1.22 bits per heavy atom. The number of ether oxygens (including phenoxy) is 2. The van der Waals surface area contributed by atoms with Crippen LogP contribution in [-0.2, 0) is 17.7 Å². The molecule has 7 nitrogen and oxygen atoms in total. The molecule has 0 radical (unpaired) electrons. The minimum Gasteiger partial charge on any atom is -0.508 e. The first-order valence-corrected chi connectivity index (χ1v) is 10.9. The van der Waals surface area contributed by atoms with Gasteiger partial charge < -0.3 is 24.8 Å². The van der Waals surface area contributed by atoms with Crippen LogP contribution in [0, 0.1) is 0 Å². The van der Waals surface area contributed by atoms with E-state index in [1.807, 2.05) is 19.2 Å². The number of phenolic OH excluding ortho intramolecular Hbond substituents is 1. The van der Waals surface area contributed by atoms with Crippen molar-refractivity contribution in [2.45, 2.75) is 25.1 Å². The molecule has 2 N–H and O–H groups in total. The SMILES string of the molecule is CN=C(NCCc1ccc(OC)cc1O)N1CC2OCCN(Cc3ccccc3)C2C1.I. The first-order chi connectivity index (χ1) is 15.2. The van der Waals surface area contributed by atoms with Gasteiger partial charge in [-0.3, -0.25) is 9.89 Å². The highest BCUT2D eigenvalue weighted by atomic mass is 127. The predicted molar refractivity (Wildman–Crippen MR) is 137 cm³/mol. The van der Waals surface area contributed by atoms with E-state index < -0.39 is 0 Å². The number of fused-ring (bicyclic) bond motifs is 1. The first-order valence-electron chi connectivity index (χ1n) is 10.9. The van der Waals surface area contributed by atoms with Crippen molar-refractivity contribution in [3.63, 3.8) is 0 Å². The summed E-state index contributed by atoms with van der Waals surface area (Å²) in [4.78, 5) is 9.31. The van der Waals surface area contributed by atoms with E-state index >= 15 is 0 Å². The average molecular weight is 552 g/mol. The number of hydrogen-bond acceptors (Lipinski definition) is 5. The highest BCUT2D eigenvalue weighted by molar-refractivity contribution is 14.0. The molecule has 2 aliphatic heterocycles. The zero-order chi connectivity index (χ0) is 21.6. The molecule has 2 heterocycles. The zero-order valence-corrected chi connectivity index (χ0v) is 21.1. The van der Waals surface area contributed by atoms with Crippen LogP contribution in [0.4, 0.5) is 0 Å². The number of hydrogen-bond donors (Lipinski definition) is 2. The number of guanidine groups is 1. The Bertz CT molecular complexity index is 896. The lowest BCUT2D eigenvalue weighted by Crippen LogP contribution is -2.50. The number of phenols is 1. The number of aromatic hydroxyl groups is 1. The van der Waals surface area contributed by atoms with Gasteiger partial charge in [-0.25, -0.2) is 0 Å². The van der Waals surface area contributed by atoms with Crippen LogP contribution in [0.25, 0.3) is 0 Å². The smallest absolute Gasteiger partial charge is 0.193 e. The van der Waals surface area contributed by atoms with Gasteiger partial charge in [0.05, 0.1) is 25.9 Å². The maximum absolute atomic E-state index is 10.2. The molecule has 2 fully saturated rings. The van der Waals surface area contributed by atoms with Gasteiger partial charge in [0.1, 0.15) is 11.5 Å². The van der Waals surface area contributed by atoms with E-state index in [9.17, 15) is 5.11 Å².